The fourth-order valence-electron chi connectivity index (χ4n) is 3.76. The maximum absolute atomic E-state index is 12.9. The monoisotopic (exact) mass is 344 g/mol. The first-order valence-corrected chi connectivity index (χ1v) is 9.72. The number of fused-ring (bicyclic) bond motifs is 1. The Balaban J connectivity index is 1.38. The maximum atomic E-state index is 12.9. The Bertz CT molecular complexity index is 699. The van der Waals surface area contributed by atoms with Gasteiger partial charge in [-0.2, -0.15) is 0 Å². The lowest BCUT2D eigenvalue weighted by atomic mass is 9.88. The number of furan rings is 1. The van der Waals surface area contributed by atoms with Gasteiger partial charge in [0.1, 0.15) is 5.76 Å². The summed E-state index contributed by atoms with van der Waals surface area (Å²) in [7, 11) is 0. The van der Waals surface area contributed by atoms with Crippen LogP contribution in [0.2, 0.25) is 0 Å². The van der Waals surface area contributed by atoms with Crippen LogP contribution in [0, 0.1) is 5.92 Å². The Kier molecular flexibility index (Phi) is 4.46. The minimum Gasteiger partial charge on any atom is -0.468 e. The highest BCUT2D eigenvalue weighted by Crippen LogP contribution is 2.33. The van der Waals surface area contributed by atoms with Gasteiger partial charge in [-0.3, -0.25) is 9.69 Å². The van der Waals surface area contributed by atoms with Gasteiger partial charge in [0, 0.05) is 36.4 Å². The zero-order valence-electron chi connectivity index (χ0n) is 14.2. The Labute approximate surface area is 147 Å². The van der Waals surface area contributed by atoms with Crippen molar-refractivity contribution in [1.82, 2.24) is 9.80 Å². The molecule has 0 radical (unpaired) electrons. The fourth-order valence-corrected chi connectivity index (χ4v) is 5.00. The molecule has 0 saturated carbocycles. The van der Waals surface area contributed by atoms with E-state index >= 15 is 0 Å². The number of hydrogen-bond acceptors (Lipinski definition) is 4. The zero-order valence-corrected chi connectivity index (χ0v) is 15.0. The number of carbonyl (C=O) groups excluding carboxylic acids is 1. The molecule has 0 spiro atoms. The first-order chi connectivity index (χ1) is 11.7. The van der Waals surface area contributed by atoms with Crippen LogP contribution >= 0.6 is 11.3 Å². The van der Waals surface area contributed by atoms with Gasteiger partial charge in [0.05, 0.1) is 18.4 Å². The Hall–Kier alpha value is -1.59. The molecule has 5 heteroatoms. The van der Waals surface area contributed by atoms with Crippen LogP contribution in [-0.2, 0) is 19.4 Å². The van der Waals surface area contributed by atoms with Crippen molar-refractivity contribution in [3.05, 3.63) is 45.5 Å². The summed E-state index contributed by atoms with van der Waals surface area (Å²) in [5, 5.41) is 2.10. The molecule has 1 amide bonds. The van der Waals surface area contributed by atoms with E-state index in [1.54, 1.807) is 17.6 Å². The highest BCUT2D eigenvalue weighted by molar-refractivity contribution is 7.10. The van der Waals surface area contributed by atoms with E-state index in [9.17, 15) is 4.79 Å². The van der Waals surface area contributed by atoms with Gasteiger partial charge in [0.2, 0.25) is 0 Å². The third-order valence-corrected chi connectivity index (χ3v) is 6.30. The molecule has 1 atom stereocenters. The average molecular weight is 344 g/mol. The van der Waals surface area contributed by atoms with Crippen molar-refractivity contribution in [2.75, 3.05) is 26.2 Å². The topological polar surface area (TPSA) is 36.7 Å². The van der Waals surface area contributed by atoms with Crippen molar-refractivity contribution in [1.29, 1.82) is 0 Å². The summed E-state index contributed by atoms with van der Waals surface area (Å²) in [5.41, 5.74) is 2.31. The predicted molar refractivity (Wildman–Crippen MR) is 95.4 cm³/mol. The highest BCUT2D eigenvalue weighted by Gasteiger charge is 2.28. The van der Waals surface area contributed by atoms with E-state index in [4.69, 9.17) is 4.42 Å². The lowest BCUT2D eigenvalue weighted by Gasteiger charge is -2.34. The number of hydrogen-bond donors (Lipinski definition) is 0. The maximum Gasteiger partial charge on any atom is 0.255 e. The Morgan fingerprint density at radius 3 is 2.92 bits per heavy atom. The molecule has 2 aliphatic rings. The number of rotatable bonds is 3. The van der Waals surface area contributed by atoms with E-state index in [-0.39, 0.29) is 5.91 Å². The average Bonchev–Trinajstić information content (AvgIpc) is 3.24. The second-order valence-electron chi connectivity index (χ2n) is 7.05. The van der Waals surface area contributed by atoms with Crippen molar-refractivity contribution in [2.45, 2.75) is 32.7 Å². The lowest BCUT2D eigenvalue weighted by Crippen LogP contribution is -2.48. The molecule has 0 aromatic carbocycles. The smallest absolute Gasteiger partial charge is 0.255 e. The zero-order chi connectivity index (χ0) is 16.5. The van der Waals surface area contributed by atoms with Crippen LogP contribution in [0.4, 0.5) is 0 Å². The van der Waals surface area contributed by atoms with E-state index in [2.05, 4.69) is 17.2 Å². The standard InChI is InChI=1S/C19H24N2O2S/c1-14-4-5-16-17(13-24-18(16)11-14)19(22)21-8-6-20(7-9-21)12-15-3-2-10-23-15/h2-3,10,13-14H,4-9,11-12H2,1H3/t14-/m0/s1. The first kappa shape index (κ1) is 15.9. The molecule has 2 aromatic heterocycles. The molecule has 4 rings (SSSR count). The van der Waals surface area contributed by atoms with Gasteiger partial charge in [-0.1, -0.05) is 6.92 Å². The van der Waals surface area contributed by atoms with Gasteiger partial charge in [-0.25, -0.2) is 0 Å². The van der Waals surface area contributed by atoms with Gasteiger partial charge in [0.25, 0.3) is 5.91 Å². The van der Waals surface area contributed by atoms with Gasteiger partial charge < -0.3 is 9.32 Å². The van der Waals surface area contributed by atoms with Crippen molar-refractivity contribution in [3.63, 3.8) is 0 Å². The van der Waals surface area contributed by atoms with Crippen LogP contribution < -0.4 is 0 Å². The van der Waals surface area contributed by atoms with Crippen LogP contribution in [0.25, 0.3) is 0 Å². The molecule has 0 bridgehead atoms. The summed E-state index contributed by atoms with van der Waals surface area (Å²) in [6.45, 7) is 6.58. The lowest BCUT2D eigenvalue weighted by molar-refractivity contribution is 0.0619. The molecule has 1 saturated heterocycles. The highest BCUT2D eigenvalue weighted by atomic mass is 32.1. The van der Waals surface area contributed by atoms with Crippen molar-refractivity contribution < 1.29 is 9.21 Å². The van der Waals surface area contributed by atoms with E-state index in [0.717, 1.165) is 62.8 Å². The Morgan fingerprint density at radius 1 is 1.33 bits per heavy atom. The Morgan fingerprint density at radius 2 is 2.17 bits per heavy atom. The summed E-state index contributed by atoms with van der Waals surface area (Å²) in [4.78, 5) is 18.8. The van der Waals surface area contributed by atoms with E-state index in [1.807, 2.05) is 17.0 Å². The third kappa shape index (κ3) is 3.15. The SMILES string of the molecule is C[C@H]1CCc2c(C(=O)N3CCN(Cc4ccco4)CC3)csc2C1. The molecule has 1 fully saturated rings. The number of piperazine rings is 1. The second kappa shape index (κ2) is 6.73. The molecule has 0 N–H and O–H groups in total. The minimum absolute atomic E-state index is 0.236. The molecular weight excluding hydrogens is 320 g/mol. The molecule has 4 nitrogen and oxygen atoms in total. The van der Waals surface area contributed by atoms with Crippen LogP contribution in [0.3, 0.4) is 0 Å². The fraction of sp³-hybridized carbons (Fsp3) is 0.526. The van der Waals surface area contributed by atoms with Crippen LogP contribution in [0.15, 0.2) is 28.2 Å². The van der Waals surface area contributed by atoms with E-state index in [0.29, 0.717) is 0 Å². The van der Waals surface area contributed by atoms with Crippen molar-refractivity contribution in [2.24, 2.45) is 5.92 Å². The van der Waals surface area contributed by atoms with Crippen molar-refractivity contribution >= 4 is 17.2 Å². The molecule has 0 unspecified atom stereocenters. The summed E-state index contributed by atoms with van der Waals surface area (Å²) < 4.78 is 5.42. The summed E-state index contributed by atoms with van der Waals surface area (Å²) in [6.07, 6.45) is 5.14. The quantitative estimate of drug-likeness (QED) is 0.856. The second-order valence-corrected chi connectivity index (χ2v) is 8.01. The summed E-state index contributed by atoms with van der Waals surface area (Å²) >= 11 is 1.78. The molecular formula is C19H24N2O2S. The molecule has 2 aromatic rings. The number of amides is 1. The molecule has 1 aliphatic heterocycles. The van der Waals surface area contributed by atoms with E-state index in [1.165, 1.54) is 16.9 Å². The molecule has 128 valence electrons. The predicted octanol–water partition coefficient (Wildman–Crippen LogP) is 3.42. The summed E-state index contributed by atoms with van der Waals surface area (Å²) in [6, 6.07) is 3.94. The minimum atomic E-state index is 0.236. The van der Waals surface area contributed by atoms with E-state index < -0.39 is 0 Å². The van der Waals surface area contributed by atoms with Gasteiger partial charge in [-0.15, -0.1) is 11.3 Å². The molecule has 1 aliphatic carbocycles. The van der Waals surface area contributed by atoms with Gasteiger partial charge >= 0.3 is 0 Å². The normalized spacial score (nSPS) is 21.7. The third-order valence-electron chi connectivity index (χ3n) is 5.25. The first-order valence-electron chi connectivity index (χ1n) is 8.84. The molecule has 24 heavy (non-hydrogen) atoms. The number of carbonyl (C=O) groups is 1. The summed E-state index contributed by atoms with van der Waals surface area (Å²) in [5.74, 6) is 1.99. The number of thiophene rings is 1. The van der Waals surface area contributed by atoms with Crippen LogP contribution in [0.1, 0.15) is 39.9 Å². The van der Waals surface area contributed by atoms with Crippen molar-refractivity contribution in [3.8, 4) is 0 Å². The molecule has 3 heterocycles. The van der Waals surface area contributed by atoms with Crippen LogP contribution in [0.5, 0.6) is 0 Å². The largest absolute Gasteiger partial charge is 0.468 e. The van der Waals surface area contributed by atoms with Gasteiger partial charge in [0.15, 0.2) is 0 Å². The van der Waals surface area contributed by atoms with Gasteiger partial charge in [-0.05, 0) is 42.9 Å². The van der Waals surface area contributed by atoms with Crippen LogP contribution in [-0.4, -0.2) is 41.9 Å². The number of nitrogens with zero attached hydrogens (tertiary/aromatic N) is 2.